The fourth-order valence-electron chi connectivity index (χ4n) is 3.80. The molecule has 4 rings (SSSR count). The minimum absolute atomic E-state index is 0.667. The highest BCUT2D eigenvalue weighted by atomic mass is 35.5. The number of aryl methyl sites for hydroxylation is 1. The Morgan fingerprint density at radius 3 is 2.65 bits per heavy atom. The summed E-state index contributed by atoms with van der Waals surface area (Å²) in [5, 5.41) is 5.01. The fourth-order valence-corrected chi connectivity index (χ4v) is 3.99. The first-order valence-corrected chi connectivity index (χ1v) is 9.96. The normalized spacial score (nSPS) is 18.7. The Hall–Kier alpha value is -1.56. The molecule has 140 valence electrons. The highest BCUT2D eigenvalue weighted by Crippen LogP contribution is 2.25. The highest BCUT2D eigenvalue weighted by Gasteiger charge is 2.23. The monoisotopic (exact) mass is 375 g/mol. The molecular weight excluding hydrogens is 350 g/mol. The fraction of sp³-hybridized carbons (Fsp3) is 0.550. The van der Waals surface area contributed by atoms with Crippen LogP contribution in [0, 0.1) is 0 Å². The van der Waals surface area contributed by atoms with Crippen LogP contribution in [-0.4, -0.2) is 54.3 Å². The van der Waals surface area contributed by atoms with Crippen LogP contribution in [0.1, 0.15) is 29.9 Å². The molecule has 0 N–H and O–H groups in total. The third kappa shape index (κ3) is 4.22. The summed E-state index contributed by atoms with van der Waals surface area (Å²) in [7, 11) is 0. The molecule has 6 heteroatoms. The summed E-state index contributed by atoms with van der Waals surface area (Å²) < 4.78 is 11.3. The van der Waals surface area contributed by atoms with Gasteiger partial charge in [-0.15, -0.1) is 0 Å². The van der Waals surface area contributed by atoms with Gasteiger partial charge in [-0.05, 0) is 31.4 Å². The summed E-state index contributed by atoms with van der Waals surface area (Å²) in [6, 6.07) is 7.64. The molecule has 1 aliphatic carbocycles. The van der Waals surface area contributed by atoms with Crippen molar-refractivity contribution >= 4 is 11.6 Å². The first kappa shape index (κ1) is 17.8. The van der Waals surface area contributed by atoms with E-state index >= 15 is 0 Å². The van der Waals surface area contributed by atoms with E-state index in [1.807, 2.05) is 24.3 Å². The van der Waals surface area contributed by atoms with Crippen molar-refractivity contribution in [2.24, 2.45) is 0 Å². The third-order valence-electron chi connectivity index (χ3n) is 5.37. The lowest BCUT2D eigenvalue weighted by molar-refractivity contribution is 0.111. The van der Waals surface area contributed by atoms with Crippen molar-refractivity contribution in [3.63, 3.8) is 0 Å². The second-order valence-electron chi connectivity index (χ2n) is 7.13. The second kappa shape index (κ2) is 8.42. The number of ether oxygens (including phenoxy) is 1. The molecular formula is C20H26ClN3O2. The Labute approximate surface area is 159 Å². The summed E-state index contributed by atoms with van der Waals surface area (Å²) in [5.74, 6) is 1.89. The molecule has 0 unspecified atom stereocenters. The van der Waals surface area contributed by atoms with Crippen molar-refractivity contribution in [3.8, 4) is 5.75 Å². The summed E-state index contributed by atoms with van der Waals surface area (Å²) in [6.45, 7) is 6.76. The van der Waals surface area contributed by atoms with E-state index in [-0.39, 0.29) is 0 Å². The average molecular weight is 376 g/mol. The molecule has 0 bridgehead atoms. The lowest BCUT2D eigenvalue weighted by atomic mass is 9.96. The van der Waals surface area contributed by atoms with E-state index in [2.05, 4.69) is 15.0 Å². The predicted octanol–water partition coefficient (Wildman–Crippen LogP) is 3.40. The van der Waals surface area contributed by atoms with Crippen LogP contribution in [0.15, 0.2) is 28.8 Å². The van der Waals surface area contributed by atoms with Gasteiger partial charge in [0, 0.05) is 51.3 Å². The molecule has 2 heterocycles. The van der Waals surface area contributed by atoms with Crippen molar-refractivity contribution in [3.05, 3.63) is 46.3 Å². The smallest absolute Gasteiger partial charge is 0.140 e. The first-order chi connectivity index (χ1) is 12.8. The quantitative estimate of drug-likeness (QED) is 0.774. The summed E-state index contributed by atoms with van der Waals surface area (Å²) in [5.41, 5.74) is 2.54. The maximum absolute atomic E-state index is 6.12. The van der Waals surface area contributed by atoms with Gasteiger partial charge in [-0.25, -0.2) is 0 Å². The molecule has 0 radical (unpaired) electrons. The molecule has 26 heavy (non-hydrogen) atoms. The van der Waals surface area contributed by atoms with Crippen LogP contribution in [0.3, 0.4) is 0 Å². The number of halogens is 1. The van der Waals surface area contributed by atoms with Gasteiger partial charge >= 0.3 is 0 Å². The van der Waals surface area contributed by atoms with Gasteiger partial charge in [-0.2, -0.15) is 0 Å². The highest BCUT2D eigenvalue weighted by molar-refractivity contribution is 6.32. The van der Waals surface area contributed by atoms with Gasteiger partial charge in [0.05, 0.1) is 5.02 Å². The topological polar surface area (TPSA) is 41.7 Å². The van der Waals surface area contributed by atoms with Crippen LogP contribution in [0.25, 0.3) is 0 Å². The SMILES string of the molecule is Clc1ccccc1OCCN1CCN(Cc2noc3c2CCCC3)CC1. The number of rotatable bonds is 6. The number of fused-ring (bicyclic) bond motifs is 1. The van der Waals surface area contributed by atoms with E-state index in [1.165, 1.54) is 18.4 Å². The van der Waals surface area contributed by atoms with Gasteiger partial charge in [0.2, 0.25) is 0 Å². The lowest BCUT2D eigenvalue weighted by Gasteiger charge is -2.34. The Kier molecular flexibility index (Phi) is 5.78. The zero-order valence-electron chi connectivity index (χ0n) is 15.1. The van der Waals surface area contributed by atoms with Gasteiger partial charge in [-0.3, -0.25) is 9.80 Å². The number of benzene rings is 1. The van der Waals surface area contributed by atoms with Gasteiger partial charge in [0.25, 0.3) is 0 Å². The predicted molar refractivity (Wildman–Crippen MR) is 102 cm³/mol. The summed E-state index contributed by atoms with van der Waals surface area (Å²) >= 11 is 6.12. The molecule has 2 aromatic rings. The van der Waals surface area contributed by atoms with Crippen LogP contribution in [-0.2, 0) is 19.4 Å². The maximum Gasteiger partial charge on any atom is 0.140 e. The second-order valence-corrected chi connectivity index (χ2v) is 7.54. The lowest BCUT2D eigenvalue weighted by Crippen LogP contribution is -2.47. The van der Waals surface area contributed by atoms with Gasteiger partial charge in [-0.1, -0.05) is 28.9 Å². The third-order valence-corrected chi connectivity index (χ3v) is 5.68. The first-order valence-electron chi connectivity index (χ1n) is 9.58. The minimum atomic E-state index is 0.667. The van der Waals surface area contributed by atoms with Crippen molar-refractivity contribution in [2.75, 3.05) is 39.3 Å². The Morgan fingerprint density at radius 1 is 1.04 bits per heavy atom. The molecule has 1 aromatic carbocycles. The van der Waals surface area contributed by atoms with E-state index in [0.717, 1.165) is 69.3 Å². The average Bonchev–Trinajstić information content (AvgIpc) is 3.08. The number of hydrogen-bond acceptors (Lipinski definition) is 5. The summed E-state index contributed by atoms with van der Waals surface area (Å²) in [4.78, 5) is 4.93. The molecule has 1 aliphatic heterocycles. The number of para-hydroxylation sites is 1. The van der Waals surface area contributed by atoms with E-state index in [1.54, 1.807) is 0 Å². The van der Waals surface area contributed by atoms with Crippen LogP contribution in [0.5, 0.6) is 5.75 Å². The molecule has 0 saturated carbocycles. The largest absolute Gasteiger partial charge is 0.491 e. The van der Waals surface area contributed by atoms with Gasteiger partial charge in [0.1, 0.15) is 23.8 Å². The zero-order valence-corrected chi connectivity index (χ0v) is 15.9. The number of nitrogens with zero attached hydrogens (tertiary/aromatic N) is 3. The number of piperazine rings is 1. The molecule has 1 saturated heterocycles. The van der Waals surface area contributed by atoms with Crippen molar-refractivity contribution in [1.29, 1.82) is 0 Å². The summed E-state index contributed by atoms with van der Waals surface area (Å²) in [6.07, 6.45) is 4.69. The zero-order chi connectivity index (χ0) is 17.8. The Bertz CT molecular complexity index is 726. The van der Waals surface area contributed by atoms with Crippen LogP contribution in [0.2, 0.25) is 5.02 Å². The van der Waals surface area contributed by atoms with Crippen molar-refractivity contribution in [2.45, 2.75) is 32.2 Å². The van der Waals surface area contributed by atoms with Crippen molar-refractivity contribution < 1.29 is 9.26 Å². The van der Waals surface area contributed by atoms with Crippen molar-refractivity contribution in [1.82, 2.24) is 15.0 Å². The number of hydrogen-bond donors (Lipinski definition) is 0. The Morgan fingerprint density at radius 2 is 1.81 bits per heavy atom. The van der Waals surface area contributed by atoms with Gasteiger partial charge < -0.3 is 9.26 Å². The van der Waals surface area contributed by atoms with Crippen LogP contribution < -0.4 is 4.74 Å². The standard InChI is InChI=1S/C20H26ClN3O2/c21-17-6-2-4-8-20(17)25-14-13-23-9-11-24(12-10-23)15-18-16-5-1-3-7-19(16)26-22-18/h2,4,6,8H,1,3,5,7,9-15H2. The van der Waals surface area contributed by atoms with E-state index in [4.69, 9.17) is 20.9 Å². The molecule has 0 amide bonds. The van der Waals surface area contributed by atoms with E-state index < -0.39 is 0 Å². The molecule has 1 aromatic heterocycles. The molecule has 1 fully saturated rings. The number of aromatic nitrogens is 1. The molecule has 0 spiro atoms. The molecule has 5 nitrogen and oxygen atoms in total. The molecule has 2 aliphatic rings. The maximum atomic E-state index is 6.12. The van der Waals surface area contributed by atoms with Crippen LogP contribution >= 0.6 is 11.6 Å². The minimum Gasteiger partial charge on any atom is -0.491 e. The Balaban J connectivity index is 1.21. The molecule has 0 atom stereocenters. The van der Waals surface area contributed by atoms with E-state index in [9.17, 15) is 0 Å². The van der Waals surface area contributed by atoms with Crippen LogP contribution in [0.4, 0.5) is 0 Å². The van der Waals surface area contributed by atoms with Gasteiger partial charge in [0.15, 0.2) is 0 Å². The van der Waals surface area contributed by atoms with E-state index in [0.29, 0.717) is 11.6 Å².